The maximum atomic E-state index is 9.35. The van der Waals surface area contributed by atoms with Gasteiger partial charge in [-0.15, -0.1) is 12.4 Å². The van der Waals surface area contributed by atoms with Gasteiger partial charge in [0, 0.05) is 12.1 Å². The molecule has 0 radical (unpaired) electrons. The molecule has 2 heterocycles. The third-order valence-corrected chi connectivity index (χ3v) is 2.85. The summed E-state index contributed by atoms with van der Waals surface area (Å²) >= 11 is 0. The molecule has 1 N–H and O–H groups in total. The summed E-state index contributed by atoms with van der Waals surface area (Å²) in [5, 5.41) is 9.35. The average Bonchev–Trinajstić information content (AvgIpc) is 2.25. The van der Waals surface area contributed by atoms with Crippen LogP contribution in [0.1, 0.15) is 19.3 Å². The standard InChI is InChI=1S/C7H13NO.ClH/c1-8-5-2-3-6(8)7(9)4-5;/h5-7,9H,2-4H2,1H3;1H. The van der Waals surface area contributed by atoms with Crippen molar-refractivity contribution in [2.75, 3.05) is 7.05 Å². The lowest BCUT2D eigenvalue weighted by atomic mass is 9.98. The summed E-state index contributed by atoms with van der Waals surface area (Å²) in [7, 11) is 2.12. The number of aliphatic hydroxyl groups excluding tert-OH is 1. The molecule has 3 heteroatoms. The lowest BCUT2D eigenvalue weighted by molar-refractivity contribution is 0.128. The summed E-state index contributed by atoms with van der Waals surface area (Å²) < 4.78 is 0. The van der Waals surface area contributed by atoms with Crippen molar-refractivity contribution in [1.29, 1.82) is 0 Å². The first-order chi connectivity index (χ1) is 4.29. The molecule has 60 valence electrons. The van der Waals surface area contributed by atoms with Crippen LogP contribution in [0.3, 0.4) is 0 Å². The molecule has 2 rings (SSSR count). The van der Waals surface area contributed by atoms with Crippen molar-refractivity contribution in [2.45, 2.75) is 37.5 Å². The topological polar surface area (TPSA) is 23.5 Å². The molecule has 2 aliphatic heterocycles. The molecule has 3 atom stereocenters. The Labute approximate surface area is 67.6 Å². The molecule has 0 aromatic heterocycles. The number of hydrogen-bond acceptors (Lipinski definition) is 2. The molecule has 3 unspecified atom stereocenters. The van der Waals surface area contributed by atoms with E-state index in [-0.39, 0.29) is 18.5 Å². The van der Waals surface area contributed by atoms with Crippen LogP contribution in [-0.4, -0.2) is 35.2 Å². The van der Waals surface area contributed by atoms with Crippen LogP contribution in [0.15, 0.2) is 0 Å². The van der Waals surface area contributed by atoms with Crippen molar-refractivity contribution in [3.05, 3.63) is 0 Å². The molecule has 0 amide bonds. The largest absolute Gasteiger partial charge is 0.391 e. The minimum atomic E-state index is -0.0197. The zero-order valence-electron chi connectivity index (χ0n) is 6.16. The van der Waals surface area contributed by atoms with Gasteiger partial charge < -0.3 is 5.11 Å². The molecule has 2 nitrogen and oxygen atoms in total. The summed E-state index contributed by atoms with van der Waals surface area (Å²) in [5.74, 6) is 0. The van der Waals surface area contributed by atoms with Crippen LogP contribution in [0.5, 0.6) is 0 Å². The summed E-state index contributed by atoms with van der Waals surface area (Å²) in [4.78, 5) is 2.32. The number of nitrogens with zero attached hydrogens (tertiary/aromatic N) is 1. The van der Waals surface area contributed by atoms with Crippen LogP contribution in [0.25, 0.3) is 0 Å². The van der Waals surface area contributed by atoms with E-state index in [4.69, 9.17) is 0 Å². The second-order valence-corrected chi connectivity index (χ2v) is 3.27. The molecule has 2 fully saturated rings. The zero-order valence-corrected chi connectivity index (χ0v) is 6.97. The number of hydrogen-bond donors (Lipinski definition) is 1. The second kappa shape index (κ2) is 2.68. The van der Waals surface area contributed by atoms with Crippen molar-refractivity contribution in [3.63, 3.8) is 0 Å². The Morgan fingerprint density at radius 1 is 1.40 bits per heavy atom. The smallest absolute Gasteiger partial charge is 0.0710 e. The minimum Gasteiger partial charge on any atom is -0.391 e. The number of fused-ring (bicyclic) bond motifs is 2. The van der Waals surface area contributed by atoms with E-state index in [0.717, 1.165) is 6.42 Å². The van der Waals surface area contributed by atoms with Gasteiger partial charge in [0.05, 0.1) is 6.10 Å². The highest BCUT2D eigenvalue weighted by molar-refractivity contribution is 5.85. The fourth-order valence-electron chi connectivity index (χ4n) is 2.22. The number of rotatable bonds is 0. The quantitative estimate of drug-likeness (QED) is 0.567. The summed E-state index contributed by atoms with van der Waals surface area (Å²) in [6.45, 7) is 0. The lowest BCUT2D eigenvalue weighted by Crippen LogP contribution is -2.28. The van der Waals surface area contributed by atoms with Crippen LogP contribution in [0.4, 0.5) is 0 Å². The fourth-order valence-corrected chi connectivity index (χ4v) is 2.22. The molecule has 2 aliphatic rings. The molecular formula is C7H14ClNO. The summed E-state index contributed by atoms with van der Waals surface area (Å²) in [6.07, 6.45) is 3.51. The van der Waals surface area contributed by atoms with Crippen LogP contribution >= 0.6 is 12.4 Å². The normalized spacial score (nSPS) is 45.6. The van der Waals surface area contributed by atoms with Gasteiger partial charge in [-0.1, -0.05) is 0 Å². The van der Waals surface area contributed by atoms with Gasteiger partial charge in [-0.2, -0.15) is 0 Å². The van der Waals surface area contributed by atoms with Gasteiger partial charge in [-0.05, 0) is 26.3 Å². The first-order valence-electron chi connectivity index (χ1n) is 3.69. The molecule has 2 bridgehead atoms. The van der Waals surface area contributed by atoms with Gasteiger partial charge in [-0.3, -0.25) is 4.90 Å². The number of halogens is 1. The Balaban J connectivity index is 0.000000500. The minimum absolute atomic E-state index is 0. The van der Waals surface area contributed by atoms with Gasteiger partial charge in [0.2, 0.25) is 0 Å². The molecule has 10 heavy (non-hydrogen) atoms. The number of aliphatic hydroxyl groups is 1. The Hall–Kier alpha value is 0.210. The van der Waals surface area contributed by atoms with Gasteiger partial charge in [-0.25, -0.2) is 0 Å². The van der Waals surface area contributed by atoms with E-state index in [1.54, 1.807) is 0 Å². The van der Waals surface area contributed by atoms with E-state index in [9.17, 15) is 5.11 Å². The van der Waals surface area contributed by atoms with Gasteiger partial charge in [0.1, 0.15) is 0 Å². The first kappa shape index (κ1) is 8.31. The number of likely N-dealkylation sites (N-methyl/N-ethyl adjacent to an activating group) is 1. The predicted octanol–water partition coefficient (Wildman–Crippen LogP) is 0.636. The molecule has 0 spiro atoms. The molecule has 0 aliphatic carbocycles. The van der Waals surface area contributed by atoms with E-state index in [0.29, 0.717) is 12.1 Å². The van der Waals surface area contributed by atoms with E-state index < -0.39 is 0 Å². The van der Waals surface area contributed by atoms with Crippen molar-refractivity contribution >= 4 is 12.4 Å². The molecule has 0 aromatic carbocycles. The van der Waals surface area contributed by atoms with Gasteiger partial charge in [0.15, 0.2) is 0 Å². The van der Waals surface area contributed by atoms with Crippen LogP contribution in [0, 0.1) is 0 Å². The van der Waals surface area contributed by atoms with Crippen molar-refractivity contribution in [1.82, 2.24) is 4.90 Å². The van der Waals surface area contributed by atoms with Crippen LogP contribution in [0.2, 0.25) is 0 Å². The Morgan fingerprint density at radius 2 is 2.10 bits per heavy atom. The highest BCUT2D eigenvalue weighted by Gasteiger charge is 2.42. The third-order valence-electron chi connectivity index (χ3n) is 2.85. The molecule has 0 aromatic rings. The summed E-state index contributed by atoms with van der Waals surface area (Å²) in [6, 6.07) is 1.19. The van der Waals surface area contributed by atoms with E-state index in [1.807, 2.05) is 0 Å². The van der Waals surface area contributed by atoms with E-state index in [2.05, 4.69) is 11.9 Å². The molecule has 0 saturated carbocycles. The highest BCUT2D eigenvalue weighted by atomic mass is 35.5. The van der Waals surface area contributed by atoms with Gasteiger partial charge in [0.25, 0.3) is 0 Å². The maximum absolute atomic E-state index is 9.35. The first-order valence-corrected chi connectivity index (χ1v) is 3.69. The van der Waals surface area contributed by atoms with Crippen molar-refractivity contribution in [3.8, 4) is 0 Å². The van der Waals surface area contributed by atoms with Crippen molar-refractivity contribution in [2.24, 2.45) is 0 Å². The van der Waals surface area contributed by atoms with Crippen LogP contribution < -0.4 is 0 Å². The van der Waals surface area contributed by atoms with E-state index in [1.165, 1.54) is 12.8 Å². The summed E-state index contributed by atoms with van der Waals surface area (Å²) in [5.41, 5.74) is 0. The van der Waals surface area contributed by atoms with E-state index >= 15 is 0 Å². The maximum Gasteiger partial charge on any atom is 0.0710 e. The Kier molecular flexibility index (Phi) is 2.23. The fraction of sp³-hybridized carbons (Fsp3) is 1.00. The average molecular weight is 164 g/mol. The van der Waals surface area contributed by atoms with Crippen molar-refractivity contribution < 1.29 is 5.11 Å². The Morgan fingerprint density at radius 3 is 2.30 bits per heavy atom. The zero-order chi connectivity index (χ0) is 6.43. The Bertz CT molecular complexity index is 131. The van der Waals surface area contributed by atoms with Crippen LogP contribution in [-0.2, 0) is 0 Å². The highest BCUT2D eigenvalue weighted by Crippen LogP contribution is 2.35. The SMILES string of the molecule is CN1C2CCC1C(O)C2.Cl. The second-order valence-electron chi connectivity index (χ2n) is 3.27. The predicted molar refractivity (Wildman–Crippen MR) is 42.4 cm³/mol. The third kappa shape index (κ3) is 0.949. The monoisotopic (exact) mass is 163 g/mol. The lowest BCUT2D eigenvalue weighted by Gasteiger charge is -2.15. The molecule has 2 saturated heterocycles. The van der Waals surface area contributed by atoms with Gasteiger partial charge >= 0.3 is 0 Å². The molecular weight excluding hydrogens is 150 g/mol.